The second-order valence-corrected chi connectivity index (χ2v) is 10.9. The van der Waals surface area contributed by atoms with Crippen molar-refractivity contribution < 1.29 is 27.7 Å². The third kappa shape index (κ3) is 4.73. The zero-order valence-corrected chi connectivity index (χ0v) is 22.4. The molecule has 6 rings (SSSR count). The maximum atomic E-state index is 14.7. The average molecular weight is 557 g/mol. The van der Waals surface area contributed by atoms with E-state index in [4.69, 9.17) is 9.47 Å². The van der Waals surface area contributed by atoms with Crippen molar-refractivity contribution in [2.24, 2.45) is 0 Å². The molecule has 4 aromatic carbocycles. The highest BCUT2D eigenvalue weighted by molar-refractivity contribution is 7.85. The van der Waals surface area contributed by atoms with Crippen LogP contribution in [0.1, 0.15) is 44.8 Å². The Hall–Kier alpha value is -4.50. The summed E-state index contributed by atoms with van der Waals surface area (Å²) in [6.45, 7) is 2.71. The first-order chi connectivity index (χ1) is 19.4. The summed E-state index contributed by atoms with van der Waals surface area (Å²) < 4.78 is 39.5. The van der Waals surface area contributed by atoms with Crippen molar-refractivity contribution in [3.05, 3.63) is 113 Å². The summed E-state index contributed by atoms with van der Waals surface area (Å²) in [5.41, 5.74) is 1.97. The number of carbonyl (C=O) groups is 2. The predicted octanol–water partition coefficient (Wildman–Crippen LogP) is 5.42. The zero-order chi connectivity index (χ0) is 27.8. The molecule has 0 fully saturated rings. The van der Waals surface area contributed by atoms with E-state index in [1.54, 1.807) is 60.7 Å². The molecule has 0 saturated heterocycles. The molecule has 0 aliphatic carbocycles. The van der Waals surface area contributed by atoms with Gasteiger partial charge in [0.15, 0.2) is 11.5 Å². The number of nitrogens with one attached hydrogen (secondary N) is 1. The number of hydrogen-bond donors (Lipinski definition) is 1. The largest absolute Gasteiger partial charge is 0.486 e. The van der Waals surface area contributed by atoms with Gasteiger partial charge in [-0.15, -0.1) is 0 Å². The van der Waals surface area contributed by atoms with E-state index < -0.39 is 22.5 Å². The van der Waals surface area contributed by atoms with Crippen LogP contribution in [0.5, 0.6) is 11.5 Å². The number of nitrogens with zero attached hydrogens (tertiary/aromatic N) is 1. The van der Waals surface area contributed by atoms with Gasteiger partial charge in [-0.25, -0.2) is 8.60 Å². The van der Waals surface area contributed by atoms with Crippen LogP contribution in [-0.4, -0.2) is 29.2 Å². The molecule has 40 heavy (non-hydrogen) atoms. The van der Waals surface area contributed by atoms with Crippen molar-refractivity contribution in [2.45, 2.75) is 29.3 Å². The van der Waals surface area contributed by atoms with Crippen molar-refractivity contribution in [1.82, 2.24) is 5.32 Å². The predicted molar refractivity (Wildman–Crippen MR) is 148 cm³/mol. The summed E-state index contributed by atoms with van der Waals surface area (Å²) in [4.78, 5) is 29.3. The Morgan fingerprint density at radius 1 is 0.950 bits per heavy atom. The lowest BCUT2D eigenvalue weighted by Gasteiger charge is -2.24. The van der Waals surface area contributed by atoms with Gasteiger partial charge < -0.3 is 19.7 Å². The van der Waals surface area contributed by atoms with Crippen LogP contribution in [-0.2, 0) is 17.3 Å². The van der Waals surface area contributed by atoms with Crippen molar-refractivity contribution in [3.8, 4) is 11.5 Å². The fourth-order valence-corrected chi connectivity index (χ4v) is 6.20. The van der Waals surface area contributed by atoms with Gasteiger partial charge in [0.05, 0.1) is 44.4 Å². The first-order valence-corrected chi connectivity index (χ1v) is 14.0. The molecule has 0 radical (unpaired) electrons. The lowest BCUT2D eigenvalue weighted by molar-refractivity contribution is 0.0937. The molecule has 4 aromatic rings. The van der Waals surface area contributed by atoms with Gasteiger partial charge in [0.2, 0.25) is 0 Å². The second kappa shape index (κ2) is 10.6. The van der Waals surface area contributed by atoms with Crippen molar-refractivity contribution in [1.29, 1.82) is 0 Å². The number of rotatable bonds is 5. The van der Waals surface area contributed by atoms with E-state index in [0.29, 0.717) is 45.8 Å². The highest BCUT2D eigenvalue weighted by Gasteiger charge is 2.32. The monoisotopic (exact) mass is 556 g/mol. The minimum atomic E-state index is -1.69. The summed E-state index contributed by atoms with van der Waals surface area (Å²) >= 11 is 0. The Kier molecular flexibility index (Phi) is 6.81. The summed E-state index contributed by atoms with van der Waals surface area (Å²) in [5.74, 6) is 0.0222. The van der Waals surface area contributed by atoms with Crippen LogP contribution in [0.3, 0.4) is 0 Å². The Bertz CT molecular complexity index is 1670. The summed E-state index contributed by atoms with van der Waals surface area (Å²) in [6, 6.07) is 22.7. The van der Waals surface area contributed by atoms with Crippen LogP contribution in [0.25, 0.3) is 0 Å². The molecule has 7 nitrogen and oxygen atoms in total. The number of amides is 2. The normalized spacial score (nSPS) is 16.4. The minimum absolute atomic E-state index is 0.0945. The SMILES string of the molecule is C[C@@H](NC(=O)c1ccc2c(c1)N(Cc1ccccc1F)C(=O)c1ccccc1[S@]2=O)c1ccc2c(c1)OCCO2. The quantitative estimate of drug-likeness (QED) is 0.355. The summed E-state index contributed by atoms with van der Waals surface area (Å²) in [6.07, 6.45) is 0. The van der Waals surface area contributed by atoms with Crippen molar-refractivity contribution in [3.63, 3.8) is 0 Å². The molecular formula is C31H25FN2O5S. The van der Waals surface area contributed by atoms with Crippen LogP contribution >= 0.6 is 0 Å². The Labute approximate surface area is 233 Å². The van der Waals surface area contributed by atoms with Gasteiger partial charge in [-0.3, -0.25) is 9.59 Å². The molecule has 0 unspecified atom stereocenters. The third-order valence-electron chi connectivity index (χ3n) is 6.97. The maximum absolute atomic E-state index is 14.7. The van der Waals surface area contributed by atoms with Gasteiger partial charge in [0.25, 0.3) is 11.8 Å². The number of hydrogen-bond acceptors (Lipinski definition) is 5. The Balaban J connectivity index is 1.35. The fraction of sp³-hybridized carbons (Fsp3) is 0.161. The average Bonchev–Trinajstić information content (AvgIpc) is 3.07. The van der Waals surface area contributed by atoms with E-state index in [2.05, 4.69) is 5.32 Å². The highest BCUT2D eigenvalue weighted by atomic mass is 32.2. The van der Waals surface area contributed by atoms with Gasteiger partial charge >= 0.3 is 0 Å². The van der Waals surface area contributed by atoms with E-state index in [1.807, 2.05) is 25.1 Å². The van der Waals surface area contributed by atoms with E-state index in [1.165, 1.54) is 11.0 Å². The first-order valence-electron chi connectivity index (χ1n) is 12.8. The molecule has 202 valence electrons. The smallest absolute Gasteiger partial charge is 0.259 e. The number of carbonyl (C=O) groups excluding carboxylic acids is 2. The van der Waals surface area contributed by atoms with E-state index >= 15 is 0 Å². The summed E-state index contributed by atoms with van der Waals surface area (Å²) in [5, 5.41) is 2.98. The number of halogens is 1. The van der Waals surface area contributed by atoms with Crippen LogP contribution in [0, 0.1) is 5.82 Å². The second-order valence-electron chi connectivity index (χ2n) is 9.53. The zero-order valence-electron chi connectivity index (χ0n) is 21.6. The first kappa shape index (κ1) is 25.8. The number of anilines is 1. The summed E-state index contributed by atoms with van der Waals surface area (Å²) in [7, 11) is -1.69. The Morgan fingerprint density at radius 3 is 2.52 bits per heavy atom. The number of fused-ring (bicyclic) bond motifs is 3. The van der Waals surface area contributed by atoms with Crippen molar-refractivity contribution in [2.75, 3.05) is 18.1 Å². The van der Waals surface area contributed by atoms with Gasteiger partial charge in [0.1, 0.15) is 19.0 Å². The van der Waals surface area contributed by atoms with Crippen molar-refractivity contribution >= 4 is 28.3 Å². The van der Waals surface area contributed by atoms with Gasteiger partial charge in [-0.2, -0.15) is 0 Å². The third-order valence-corrected chi connectivity index (χ3v) is 8.47. The maximum Gasteiger partial charge on any atom is 0.259 e. The molecule has 0 saturated carbocycles. The highest BCUT2D eigenvalue weighted by Crippen LogP contribution is 2.37. The van der Waals surface area contributed by atoms with Gasteiger partial charge in [-0.1, -0.05) is 36.4 Å². The van der Waals surface area contributed by atoms with Gasteiger partial charge in [0, 0.05) is 11.1 Å². The lowest BCUT2D eigenvalue weighted by Crippen LogP contribution is -2.31. The van der Waals surface area contributed by atoms with Crippen LogP contribution in [0.15, 0.2) is 94.7 Å². The standard InChI is InChI=1S/C31H25FN2O5S/c1-19(20-10-12-26-27(17-20)39-15-14-38-26)33-30(35)21-11-13-29-25(16-21)34(18-22-6-2-4-8-24(22)32)31(36)23-7-3-5-9-28(23)40(29)37/h2-13,16-17,19H,14-15,18H2,1H3,(H,33,35)/t19-,40-/m1/s1. The van der Waals surface area contributed by atoms with Crippen LogP contribution in [0.2, 0.25) is 0 Å². The van der Waals surface area contributed by atoms with E-state index in [0.717, 1.165) is 5.56 Å². The Morgan fingerprint density at radius 2 is 1.70 bits per heavy atom. The van der Waals surface area contributed by atoms with Crippen LogP contribution in [0.4, 0.5) is 10.1 Å². The fourth-order valence-electron chi connectivity index (χ4n) is 4.85. The van der Waals surface area contributed by atoms with Gasteiger partial charge in [-0.05, 0) is 61.0 Å². The topological polar surface area (TPSA) is 84.9 Å². The van der Waals surface area contributed by atoms with E-state index in [9.17, 15) is 18.2 Å². The molecule has 0 spiro atoms. The number of ether oxygens (including phenoxy) is 2. The molecule has 9 heteroatoms. The molecule has 2 heterocycles. The molecular weight excluding hydrogens is 531 g/mol. The number of benzene rings is 4. The van der Waals surface area contributed by atoms with E-state index in [-0.39, 0.29) is 29.6 Å². The minimum Gasteiger partial charge on any atom is -0.486 e. The molecule has 2 aliphatic heterocycles. The lowest BCUT2D eigenvalue weighted by atomic mass is 10.1. The molecule has 2 atom stereocenters. The molecule has 2 amide bonds. The molecule has 1 N–H and O–H groups in total. The molecule has 0 aromatic heterocycles. The van der Waals surface area contributed by atoms with Crippen LogP contribution < -0.4 is 19.7 Å². The molecule has 0 bridgehead atoms. The molecule has 2 aliphatic rings.